The molecule has 20 heavy (non-hydrogen) atoms. The molecule has 108 valence electrons. The van der Waals surface area contributed by atoms with Crippen molar-refractivity contribution in [3.05, 3.63) is 27.7 Å². The highest BCUT2D eigenvalue weighted by Gasteiger charge is 2.48. The van der Waals surface area contributed by atoms with Crippen molar-refractivity contribution in [2.75, 3.05) is 11.4 Å². The summed E-state index contributed by atoms with van der Waals surface area (Å²) in [7, 11) is 0. The predicted octanol–water partition coefficient (Wildman–Crippen LogP) is 4.19. The predicted molar refractivity (Wildman–Crippen MR) is 88.5 cm³/mol. The maximum Gasteiger partial charge on any atom is 0.196 e. The van der Waals surface area contributed by atoms with Crippen LogP contribution in [-0.2, 0) is 0 Å². The highest BCUT2D eigenvalue weighted by molar-refractivity contribution is 9.10. The van der Waals surface area contributed by atoms with Gasteiger partial charge in [-0.05, 0) is 52.9 Å². The number of guanidine groups is 1. The summed E-state index contributed by atoms with van der Waals surface area (Å²) in [6, 6.07) is 5.98. The summed E-state index contributed by atoms with van der Waals surface area (Å²) in [4.78, 5) is 6.78. The molecular weight excluding hydrogens is 338 g/mol. The lowest BCUT2D eigenvalue weighted by Crippen LogP contribution is -2.57. The van der Waals surface area contributed by atoms with E-state index >= 15 is 0 Å². The van der Waals surface area contributed by atoms with Crippen molar-refractivity contribution in [2.24, 2.45) is 16.6 Å². The van der Waals surface area contributed by atoms with Crippen LogP contribution in [0.25, 0.3) is 0 Å². The lowest BCUT2D eigenvalue weighted by atomic mass is 9.73. The average molecular weight is 357 g/mol. The largest absolute Gasteiger partial charge is 0.369 e. The number of anilines is 1. The molecule has 1 fully saturated rings. The minimum atomic E-state index is 0.0512. The molecule has 2 aliphatic rings. The smallest absolute Gasteiger partial charge is 0.196 e. The Labute approximate surface area is 133 Å². The van der Waals surface area contributed by atoms with Crippen molar-refractivity contribution in [2.45, 2.75) is 38.1 Å². The van der Waals surface area contributed by atoms with Gasteiger partial charge in [0.05, 0.1) is 17.1 Å². The molecule has 1 aromatic carbocycles. The molecule has 1 aliphatic heterocycles. The molecular formula is C15H19BrClN3. The summed E-state index contributed by atoms with van der Waals surface area (Å²) in [5.74, 6) is 1.23. The third-order valence-corrected chi connectivity index (χ3v) is 5.98. The Hall–Kier alpha value is -0.740. The van der Waals surface area contributed by atoms with Gasteiger partial charge in [0.1, 0.15) is 0 Å². The molecule has 1 heterocycles. The van der Waals surface area contributed by atoms with E-state index in [0.29, 0.717) is 16.9 Å². The first kappa shape index (κ1) is 14.2. The number of halogens is 2. The molecule has 2 N–H and O–H groups in total. The third kappa shape index (κ3) is 2.13. The SMILES string of the molecule is CC1CCCCC12CN=C(N)N2c1ccc(Cl)c(Br)c1. The quantitative estimate of drug-likeness (QED) is 0.820. The molecule has 0 saturated heterocycles. The first-order chi connectivity index (χ1) is 9.54. The van der Waals surface area contributed by atoms with Crippen LogP contribution in [0, 0.1) is 5.92 Å². The first-order valence-electron chi connectivity index (χ1n) is 7.10. The van der Waals surface area contributed by atoms with Gasteiger partial charge in [-0.25, -0.2) is 0 Å². The van der Waals surface area contributed by atoms with Crippen molar-refractivity contribution >= 4 is 39.2 Å². The van der Waals surface area contributed by atoms with Gasteiger partial charge in [0.2, 0.25) is 0 Å². The van der Waals surface area contributed by atoms with E-state index in [4.69, 9.17) is 17.3 Å². The van der Waals surface area contributed by atoms with Crippen LogP contribution in [0.15, 0.2) is 27.7 Å². The van der Waals surface area contributed by atoms with E-state index in [1.807, 2.05) is 18.2 Å². The standard InChI is InChI=1S/C15H19BrClN3/c1-10-4-2-3-7-15(10)9-19-14(18)20(15)11-5-6-13(17)12(16)8-11/h5-6,8,10H,2-4,7,9H2,1H3,(H2,18,19). The minimum absolute atomic E-state index is 0.0512. The Bertz CT molecular complexity index is 560. The fraction of sp³-hybridized carbons (Fsp3) is 0.533. The Balaban J connectivity index is 2.03. The Kier molecular flexibility index (Phi) is 3.71. The van der Waals surface area contributed by atoms with Gasteiger partial charge in [0.25, 0.3) is 0 Å². The van der Waals surface area contributed by atoms with E-state index in [2.05, 4.69) is 32.7 Å². The normalized spacial score (nSPS) is 29.9. The molecule has 1 saturated carbocycles. The van der Waals surface area contributed by atoms with Crippen molar-refractivity contribution in [3.63, 3.8) is 0 Å². The zero-order valence-electron chi connectivity index (χ0n) is 11.6. The second-order valence-corrected chi connectivity index (χ2v) is 7.12. The molecule has 1 aromatic rings. The van der Waals surface area contributed by atoms with Crippen LogP contribution >= 0.6 is 27.5 Å². The molecule has 3 nitrogen and oxygen atoms in total. The van der Waals surface area contributed by atoms with Gasteiger partial charge in [0.15, 0.2) is 5.96 Å². The molecule has 0 aromatic heterocycles. The van der Waals surface area contributed by atoms with Crippen LogP contribution in [0.4, 0.5) is 5.69 Å². The number of nitrogens with zero attached hydrogens (tertiary/aromatic N) is 2. The van der Waals surface area contributed by atoms with Gasteiger partial charge < -0.3 is 10.6 Å². The fourth-order valence-electron chi connectivity index (χ4n) is 3.56. The molecule has 5 heteroatoms. The van der Waals surface area contributed by atoms with E-state index in [-0.39, 0.29) is 5.54 Å². The maximum absolute atomic E-state index is 6.19. The second kappa shape index (κ2) is 5.23. The number of nitrogens with two attached hydrogens (primary N) is 1. The summed E-state index contributed by atoms with van der Waals surface area (Å²) in [6.45, 7) is 3.13. The fourth-order valence-corrected chi connectivity index (χ4v) is 4.05. The third-order valence-electron chi connectivity index (χ3n) is 4.76. The average Bonchev–Trinajstić information content (AvgIpc) is 2.75. The topological polar surface area (TPSA) is 41.6 Å². The number of rotatable bonds is 1. The van der Waals surface area contributed by atoms with E-state index < -0.39 is 0 Å². The molecule has 0 bridgehead atoms. The Morgan fingerprint density at radius 2 is 2.25 bits per heavy atom. The summed E-state index contributed by atoms with van der Waals surface area (Å²) in [5, 5.41) is 0.717. The van der Waals surface area contributed by atoms with Crippen LogP contribution < -0.4 is 10.6 Å². The van der Waals surface area contributed by atoms with Crippen molar-refractivity contribution in [1.82, 2.24) is 0 Å². The molecule has 0 amide bonds. The van der Waals surface area contributed by atoms with E-state index in [0.717, 1.165) is 23.1 Å². The molecule has 0 radical (unpaired) electrons. The molecule has 1 aliphatic carbocycles. The summed E-state index contributed by atoms with van der Waals surface area (Å²) >= 11 is 9.60. The van der Waals surface area contributed by atoms with E-state index in [9.17, 15) is 0 Å². The zero-order chi connectivity index (χ0) is 14.3. The maximum atomic E-state index is 6.19. The number of aliphatic imine (C=N–C) groups is 1. The lowest BCUT2D eigenvalue weighted by molar-refractivity contribution is 0.224. The van der Waals surface area contributed by atoms with Crippen molar-refractivity contribution in [1.29, 1.82) is 0 Å². The highest BCUT2D eigenvalue weighted by atomic mass is 79.9. The molecule has 1 spiro atoms. The summed E-state index contributed by atoms with van der Waals surface area (Å²) < 4.78 is 0.898. The van der Waals surface area contributed by atoms with Gasteiger partial charge >= 0.3 is 0 Å². The Morgan fingerprint density at radius 1 is 1.45 bits per heavy atom. The summed E-state index contributed by atoms with van der Waals surface area (Å²) in [5.41, 5.74) is 7.32. The van der Waals surface area contributed by atoms with Gasteiger partial charge in [-0.3, -0.25) is 4.99 Å². The highest BCUT2D eigenvalue weighted by Crippen LogP contribution is 2.44. The van der Waals surface area contributed by atoms with E-state index in [1.165, 1.54) is 19.3 Å². The van der Waals surface area contributed by atoms with Gasteiger partial charge in [0, 0.05) is 10.2 Å². The van der Waals surface area contributed by atoms with E-state index in [1.54, 1.807) is 0 Å². The van der Waals surface area contributed by atoms with Crippen LogP contribution in [0.1, 0.15) is 32.6 Å². The molecule has 2 atom stereocenters. The lowest BCUT2D eigenvalue weighted by Gasteiger charge is -2.46. The van der Waals surface area contributed by atoms with Crippen molar-refractivity contribution in [3.8, 4) is 0 Å². The summed E-state index contributed by atoms with van der Waals surface area (Å²) in [6.07, 6.45) is 4.95. The Morgan fingerprint density at radius 3 is 2.95 bits per heavy atom. The number of hydrogen-bond donors (Lipinski definition) is 1. The van der Waals surface area contributed by atoms with Crippen LogP contribution in [0.5, 0.6) is 0 Å². The molecule has 2 unspecified atom stereocenters. The number of hydrogen-bond acceptors (Lipinski definition) is 3. The number of benzene rings is 1. The first-order valence-corrected chi connectivity index (χ1v) is 8.27. The van der Waals surface area contributed by atoms with Crippen LogP contribution in [-0.4, -0.2) is 18.0 Å². The van der Waals surface area contributed by atoms with Crippen molar-refractivity contribution < 1.29 is 0 Å². The van der Waals surface area contributed by atoms with Gasteiger partial charge in [-0.1, -0.05) is 31.4 Å². The minimum Gasteiger partial charge on any atom is -0.369 e. The van der Waals surface area contributed by atoms with Crippen LogP contribution in [0.2, 0.25) is 5.02 Å². The zero-order valence-corrected chi connectivity index (χ0v) is 13.9. The van der Waals surface area contributed by atoms with Gasteiger partial charge in [-0.15, -0.1) is 0 Å². The molecule has 3 rings (SSSR count). The van der Waals surface area contributed by atoms with Gasteiger partial charge in [-0.2, -0.15) is 0 Å². The second-order valence-electron chi connectivity index (χ2n) is 5.86. The monoisotopic (exact) mass is 355 g/mol. The van der Waals surface area contributed by atoms with Crippen LogP contribution in [0.3, 0.4) is 0 Å².